The van der Waals surface area contributed by atoms with E-state index < -0.39 is 0 Å². The molecule has 2 aromatic rings. The Morgan fingerprint density at radius 2 is 2.00 bits per heavy atom. The Morgan fingerprint density at radius 1 is 1.16 bits per heavy atom. The van der Waals surface area contributed by atoms with Crippen LogP contribution in [-0.4, -0.2) is 12.0 Å². The molecule has 0 amide bonds. The molecule has 1 aromatic carbocycles. The molecule has 2 heteroatoms. The lowest BCUT2D eigenvalue weighted by atomic mass is 9.97. The highest BCUT2D eigenvalue weighted by molar-refractivity contribution is 5.33. The van der Waals surface area contributed by atoms with Gasteiger partial charge in [-0.05, 0) is 43.1 Å². The van der Waals surface area contributed by atoms with E-state index in [4.69, 9.17) is 0 Å². The van der Waals surface area contributed by atoms with Gasteiger partial charge in [-0.2, -0.15) is 0 Å². The second-order valence-electron chi connectivity index (χ2n) is 4.95. The van der Waals surface area contributed by atoms with Crippen molar-refractivity contribution in [3.8, 4) is 0 Å². The Balaban J connectivity index is 2.30. The van der Waals surface area contributed by atoms with Crippen LogP contribution in [0.25, 0.3) is 0 Å². The third kappa shape index (κ3) is 3.42. The van der Waals surface area contributed by atoms with Crippen molar-refractivity contribution in [2.24, 2.45) is 0 Å². The molecule has 0 spiro atoms. The first-order valence-electron chi connectivity index (χ1n) is 6.93. The predicted octanol–water partition coefficient (Wildman–Crippen LogP) is 3.65. The number of nitrogens with zero attached hydrogens (tertiary/aromatic N) is 1. The zero-order valence-electron chi connectivity index (χ0n) is 12.0. The van der Waals surface area contributed by atoms with Crippen molar-refractivity contribution in [2.45, 2.75) is 32.7 Å². The van der Waals surface area contributed by atoms with Gasteiger partial charge in [0.25, 0.3) is 0 Å². The van der Waals surface area contributed by atoms with Crippen molar-refractivity contribution in [2.75, 3.05) is 7.05 Å². The summed E-state index contributed by atoms with van der Waals surface area (Å²) in [6, 6.07) is 13.3. The van der Waals surface area contributed by atoms with E-state index in [-0.39, 0.29) is 6.04 Å². The third-order valence-corrected chi connectivity index (χ3v) is 3.38. The molecule has 0 saturated heterocycles. The van der Waals surface area contributed by atoms with Crippen molar-refractivity contribution >= 4 is 0 Å². The van der Waals surface area contributed by atoms with Gasteiger partial charge in [0.1, 0.15) is 0 Å². The molecule has 2 rings (SSSR count). The van der Waals surface area contributed by atoms with Gasteiger partial charge in [0.05, 0.1) is 6.04 Å². The summed E-state index contributed by atoms with van der Waals surface area (Å²) in [5.41, 5.74) is 4.97. The SMILES string of the molecule is CCCc1cccc(C(NC)c2ccc(C)nc2)c1. The summed E-state index contributed by atoms with van der Waals surface area (Å²) in [6.45, 7) is 4.23. The highest BCUT2D eigenvalue weighted by atomic mass is 14.9. The van der Waals surface area contributed by atoms with Crippen molar-refractivity contribution < 1.29 is 0 Å². The van der Waals surface area contributed by atoms with E-state index in [0.29, 0.717) is 0 Å². The zero-order chi connectivity index (χ0) is 13.7. The highest BCUT2D eigenvalue weighted by Crippen LogP contribution is 2.22. The molecular formula is C17H22N2. The summed E-state index contributed by atoms with van der Waals surface area (Å²) in [5.74, 6) is 0. The number of rotatable bonds is 5. The van der Waals surface area contributed by atoms with Crippen molar-refractivity contribution in [3.05, 3.63) is 65.0 Å². The lowest BCUT2D eigenvalue weighted by molar-refractivity contribution is 0.686. The van der Waals surface area contributed by atoms with E-state index >= 15 is 0 Å². The summed E-state index contributed by atoms with van der Waals surface area (Å²) in [7, 11) is 2.00. The Kier molecular flexibility index (Phi) is 4.69. The lowest BCUT2D eigenvalue weighted by Gasteiger charge is -2.18. The van der Waals surface area contributed by atoms with Gasteiger partial charge in [0.2, 0.25) is 0 Å². The number of nitrogens with one attached hydrogen (secondary N) is 1. The van der Waals surface area contributed by atoms with Crippen LogP contribution in [0.4, 0.5) is 0 Å². The molecule has 1 N–H and O–H groups in total. The van der Waals surface area contributed by atoms with Crippen LogP contribution in [0.2, 0.25) is 0 Å². The minimum atomic E-state index is 0.213. The highest BCUT2D eigenvalue weighted by Gasteiger charge is 2.12. The van der Waals surface area contributed by atoms with E-state index in [1.54, 1.807) is 0 Å². The number of hydrogen-bond donors (Lipinski definition) is 1. The summed E-state index contributed by atoms with van der Waals surface area (Å²) < 4.78 is 0. The first kappa shape index (κ1) is 13.8. The van der Waals surface area contributed by atoms with E-state index in [2.05, 4.69) is 53.6 Å². The molecule has 0 aliphatic carbocycles. The van der Waals surface area contributed by atoms with Gasteiger partial charge < -0.3 is 5.32 Å². The average molecular weight is 254 g/mol. The molecule has 0 aliphatic rings. The molecule has 0 saturated carbocycles. The maximum atomic E-state index is 4.39. The van der Waals surface area contributed by atoms with Crippen LogP contribution in [0.5, 0.6) is 0 Å². The van der Waals surface area contributed by atoms with E-state index in [1.165, 1.54) is 23.1 Å². The maximum absolute atomic E-state index is 4.39. The smallest absolute Gasteiger partial charge is 0.0589 e. The molecule has 0 fully saturated rings. The van der Waals surface area contributed by atoms with Crippen LogP contribution in [0.3, 0.4) is 0 Å². The number of benzene rings is 1. The minimum Gasteiger partial charge on any atom is -0.309 e. The van der Waals surface area contributed by atoms with Crippen LogP contribution >= 0.6 is 0 Å². The summed E-state index contributed by atoms with van der Waals surface area (Å²) in [4.78, 5) is 4.39. The molecule has 1 atom stereocenters. The topological polar surface area (TPSA) is 24.9 Å². The van der Waals surface area contributed by atoms with Crippen molar-refractivity contribution in [1.82, 2.24) is 10.3 Å². The van der Waals surface area contributed by atoms with Crippen LogP contribution in [0, 0.1) is 6.92 Å². The molecule has 0 bridgehead atoms. The van der Waals surface area contributed by atoms with Crippen molar-refractivity contribution in [1.29, 1.82) is 0 Å². The average Bonchev–Trinajstić information content (AvgIpc) is 2.43. The first-order valence-corrected chi connectivity index (χ1v) is 6.93. The molecule has 19 heavy (non-hydrogen) atoms. The van der Waals surface area contributed by atoms with Gasteiger partial charge in [-0.25, -0.2) is 0 Å². The molecule has 100 valence electrons. The fourth-order valence-corrected chi connectivity index (χ4v) is 2.39. The minimum absolute atomic E-state index is 0.213. The van der Waals surface area contributed by atoms with Crippen LogP contribution in [0.15, 0.2) is 42.6 Å². The van der Waals surface area contributed by atoms with Gasteiger partial charge in [0, 0.05) is 11.9 Å². The quantitative estimate of drug-likeness (QED) is 0.881. The summed E-state index contributed by atoms with van der Waals surface area (Å²) in [6.07, 6.45) is 4.28. The van der Waals surface area contributed by atoms with Gasteiger partial charge in [-0.15, -0.1) is 0 Å². The van der Waals surface area contributed by atoms with Gasteiger partial charge in [-0.1, -0.05) is 43.7 Å². The van der Waals surface area contributed by atoms with Gasteiger partial charge in [-0.3, -0.25) is 4.98 Å². The molecule has 2 nitrogen and oxygen atoms in total. The number of hydrogen-bond acceptors (Lipinski definition) is 2. The largest absolute Gasteiger partial charge is 0.309 e. The standard InChI is InChI=1S/C17H22N2/c1-4-6-14-7-5-8-15(11-14)17(18-3)16-10-9-13(2)19-12-16/h5,7-12,17-18H,4,6H2,1-3H3. The van der Waals surface area contributed by atoms with E-state index in [9.17, 15) is 0 Å². The third-order valence-electron chi connectivity index (χ3n) is 3.38. The van der Waals surface area contributed by atoms with E-state index in [1.807, 2.05) is 20.2 Å². The monoisotopic (exact) mass is 254 g/mol. The number of aryl methyl sites for hydroxylation is 2. The number of aromatic nitrogens is 1. The predicted molar refractivity (Wildman–Crippen MR) is 80.3 cm³/mol. The molecule has 1 heterocycles. The Labute approximate surface area is 115 Å². The molecular weight excluding hydrogens is 232 g/mol. The van der Waals surface area contributed by atoms with E-state index in [0.717, 1.165) is 12.1 Å². The van der Waals surface area contributed by atoms with Gasteiger partial charge in [0.15, 0.2) is 0 Å². The van der Waals surface area contributed by atoms with Crippen LogP contribution < -0.4 is 5.32 Å². The van der Waals surface area contributed by atoms with Crippen molar-refractivity contribution in [3.63, 3.8) is 0 Å². The summed E-state index contributed by atoms with van der Waals surface area (Å²) >= 11 is 0. The molecule has 0 radical (unpaired) electrons. The first-order chi connectivity index (χ1) is 9.24. The number of pyridine rings is 1. The normalized spacial score (nSPS) is 12.4. The zero-order valence-corrected chi connectivity index (χ0v) is 12.0. The molecule has 0 aliphatic heterocycles. The second kappa shape index (κ2) is 6.48. The molecule has 1 unspecified atom stereocenters. The fourth-order valence-electron chi connectivity index (χ4n) is 2.39. The van der Waals surface area contributed by atoms with Crippen LogP contribution in [-0.2, 0) is 6.42 Å². The second-order valence-corrected chi connectivity index (χ2v) is 4.95. The van der Waals surface area contributed by atoms with Gasteiger partial charge >= 0.3 is 0 Å². The Hall–Kier alpha value is -1.67. The maximum Gasteiger partial charge on any atom is 0.0589 e. The fraction of sp³-hybridized carbons (Fsp3) is 0.353. The van der Waals surface area contributed by atoms with Crippen LogP contribution in [0.1, 0.15) is 41.8 Å². The summed E-state index contributed by atoms with van der Waals surface area (Å²) in [5, 5.41) is 3.38. The molecule has 1 aromatic heterocycles. The Morgan fingerprint density at radius 3 is 2.63 bits per heavy atom. The lowest BCUT2D eigenvalue weighted by Crippen LogP contribution is -2.18. The Bertz CT molecular complexity index is 517.